The number of carbonyl (C=O) groups is 3. The summed E-state index contributed by atoms with van der Waals surface area (Å²) in [5.74, 6) is -1.35. The quantitative estimate of drug-likeness (QED) is 0.803. The maximum Gasteiger partial charge on any atom is 0.328 e. The summed E-state index contributed by atoms with van der Waals surface area (Å²) in [4.78, 5) is 36.9. The number of rotatable bonds is 4. The van der Waals surface area contributed by atoms with E-state index >= 15 is 0 Å². The molecule has 1 fully saturated rings. The van der Waals surface area contributed by atoms with Crippen LogP contribution in [0.15, 0.2) is 48.5 Å². The van der Waals surface area contributed by atoms with E-state index < -0.39 is 23.3 Å². The number of benzene rings is 2. The molecule has 27 heavy (non-hydrogen) atoms. The minimum absolute atomic E-state index is 0.0592. The minimum Gasteiger partial charge on any atom is -0.277 e. The number of barbiturate groups is 1. The summed E-state index contributed by atoms with van der Waals surface area (Å²) in [5.41, 5.74) is 0.779. The van der Waals surface area contributed by atoms with Crippen molar-refractivity contribution in [1.82, 2.24) is 10.6 Å². The lowest BCUT2D eigenvalue weighted by atomic mass is 9.74. The zero-order chi connectivity index (χ0) is 19.4. The van der Waals surface area contributed by atoms with Crippen LogP contribution >= 0.6 is 0 Å². The second kappa shape index (κ2) is 7.11. The Morgan fingerprint density at radius 2 is 1.07 bits per heavy atom. The standard InChI is InChI=1S/C20H14N4O3/c21-11-15-5-1-13(2-6-15)9-20(17(25)23-19(27)24-18(20)26)10-14-3-7-16(12-22)8-4-14/h1-8H,9-10H2,(H2,23,24,25,26,27). The first-order valence-corrected chi connectivity index (χ1v) is 8.12. The van der Waals surface area contributed by atoms with Gasteiger partial charge in [-0.3, -0.25) is 20.2 Å². The van der Waals surface area contributed by atoms with Crippen LogP contribution in [-0.4, -0.2) is 17.8 Å². The van der Waals surface area contributed by atoms with Gasteiger partial charge >= 0.3 is 6.03 Å². The van der Waals surface area contributed by atoms with Crippen molar-refractivity contribution in [3.63, 3.8) is 0 Å². The Balaban J connectivity index is 1.98. The van der Waals surface area contributed by atoms with E-state index in [0.29, 0.717) is 22.3 Å². The number of nitrogens with zero attached hydrogens (tertiary/aromatic N) is 2. The van der Waals surface area contributed by atoms with E-state index in [9.17, 15) is 14.4 Å². The van der Waals surface area contributed by atoms with Crippen LogP contribution in [0.2, 0.25) is 0 Å². The van der Waals surface area contributed by atoms with Gasteiger partial charge in [0.05, 0.1) is 23.3 Å². The average Bonchev–Trinajstić information content (AvgIpc) is 2.67. The molecule has 0 saturated carbocycles. The van der Waals surface area contributed by atoms with Crippen molar-refractivity contribution in [2.75, 3.05) is 0 Å². The van der Waals surface area contributed by atoms with Gasteiger partial charge in [-0.05, 0) is 48.2 Å². The van der Waals surface area contributed by atoms with E-state index in [1.54, 1.807) is 48.5 Å². The van der Waals surface area contributed by atoms with E-state index in [2.05, 4.69) is 10.6 Å². The third kappa shape index (κ3) is 3.53. The van der Waals surface area contributed by atoms with E-state index in [0.717, 1.165) is 0 Å². The first-order chi connectivity index (χ1) is 13.0. The van der Waals surface area contributed by atoms with Crippen LogP contribution < -0.4 is 10.6 Å². The molecular weight excluding hydrogens is 344 g/mol. The lowest BCUT2D eigenvalue weighted by molar-refractivity contribution is -0.144. The van der Waals surface area contributed by atoms with Crippen molar-refractivity contribution in [2.45, 2.75) is 12.8 Å². The van der Waals surface area contributed by atoms with Gasteiger partial charge in [0.2, 0.25) is 11.8 Å². The summed E-state index contributed by atoms with van der Waals surface area (Å²) in [6, 6.07) is 16.3. The highest BCUT2D eigenvalue weighted by molar-refractivity contribution is 6.19. The van der Waals surface area contributed by atoms with E-state index in [-0.39, 0.29) is 12.8 Å². The minimum atomic E-state index is -1.52. The van der Waals surface area contributed by atoms with E-state index in [1.165, 1.54) is 0 Å². The van der Waals surface area contributed by atoms with Crippen LogP contribution in [0.25, 0.3) is 0 Å². The molecule has 0 spiro atoms. The Morgan fingerprint density at radius 1 is 0.704 bits per heavy atom. The molecule has 0 bridgehead atoms. The Labute approximate surface area is 155 Å². The number of nitrogens with one attached hydrogen (secondary N) is 2. The molecule has 0 aromatic heterocycles. The molecule has 1 heterocycles. The second-order valence-corrected chi connectivity index (χ2v) is 6.29. The number of hydrogen-bond donors (Lipinski definition) is 2. The maximum atomic E-state index is 12.7. The highest BCUT2D eigenvalue weighted by atomic mass is 16.2. The van der Waals surface area contributed by atoms with Crippen molar-refractivity contribution in [3.8, 4) is 12.1 Å². The van der Waals surface area contributed by atoms with Crippen LogP contribution in [0.1, 0.15) is 22.3 Å². The van der Waals surface area contributed by atoms with Crippen LogP contribution in [0.3, 0.4) is 0 Å². The molecule has 0 atom stereocenters. The average molecular weight is 358 g/mol. The summed E-state index contributed by atoms with van der Waals surface area (Å²) in [7, 11) is 0. The van der Waals surface area contributed by atoms with Gasteiger partial charge in [0.25, 0.3) is 0 Å². The molecule has 1 aliphatic heterocycles. The fourth-order valence-electron chi connectivity index (χ4n) is 3.05. The van der Waals surface area contributed by atoms with Gasteiger partial charge in [0.1, 0.15) is 5.41 Å². The van der Waals surface area contributed by atoms with Crippen LogP contribution in [0.4, 0.5) is 4.79 Å². The van der Waals surface area contributed by atoms with Crippen molar-refractivity contribution in [2.24, 2.45) is 5.41 Å². The number of amides is 4. The normalized spacial score (nSPS) is 15.3. The summed E-state index contributed by atoms with van der Waals surface area (Å²) in [6.07, 6.45) is 0.118. The Hall–Kier alpha value is -3.97. The number of nitriles is 2. The maximum absolute atomic E-state index is 12.7. The molecule has 1 saturated heterocycles. The van der Waals surface area contributed by atoms with Gasteiger partial charge in [-0.1, -0.05) is 24.3 Å². The first-order valence-electron chi connectivity index (χ1n) is 8.12. The third-order valence-electron chi connectivity index (χ3n) is 4.50. The molecule has 7 heteroatoms. The molecule has 2 N–H and O–H groups in total. The largest absolute Gasteiger partial charge is 0.328 e. The predicted molar refractivity (Wildman–Crippen MR) is 93.8 cm³/mol. The SMILES string of the molecule is N#Cc1ccc(CC2(Cc3ccc(C#N)cc3)C(=O)NC(=O)NC2=O)cc1. The molecule has 0 unspecified atom stereocenters. The lowest BCUT2D eigenvalue weighted by Gasteiger charge is -2.34. The Kier molecular flexibility index (Phi) is 4.69. The van der Waals surface area contributed by atoms with Crippen molar-refractivity contribution in [3.05, 3.63) is 70.8 Å². The van der Waals surface area contributed by atoms with E-state index in [1.807, 2.05) is 12.1 Å². The molecule has 2 aromatic carbocycles. The van der Waals surface area contributed by atoms with Gasteiger partial charge in [-0.15, -0.1) is 0 Å². The molecule has 1 aliphatic rings. The fourth-order valence-corrected chi connectivity index (χ4v) is 3.05. The second-order valence-electron chi connectivity index (χ2n) is 6.29. The van der Waals surface area contributed by atoms with Crippen molar-refractivity contribution >= 4 is 17.8 Å². The molecule has 0 radical (unpaired) electrons. The molecule has 4 amide bonds. The van der Waals surface area contributed by atoms with Gasteiger partial charge in [0, 0.05) is 0 Å². The molecule has 3 rings (SSSR count). The smallest absolute Gasteiger partial charge is 0.277 e. The highest BCUT2D eigenvalue weighted by Gasteiger charge is 2.50. The number of hydrogen-bond acceptors (Lipinski definition) is 5. The van der Waals surface area contributed by atoms with Crippen LogP contribution in [0.5, 0.6) is 0 Å². The molecular formula is C20H14N4O3. The number of urea groups is 1. The fraction of sp³-hybridized carbons (Fsp3) is 0.150. The van der Waals surface area contributed by atoms with Crippen molar-refractivity contribution in [1.29, 1.82) is 10.5 Å². The topological polar surface area (TPSA) is 123 Å². The Morgan fingerprint density at radius 3 is 1.41 bits per heavy atom. The monoisotopic (exact) mass is 358 g/mol. The zero-order valence-corrected chi connectivity index (χ0v) is 14.2. The summed E-state index contributed by atoms with van der Waals surface area (Å²) < 4.78 is 0. The lowest BCUT2D eigenvalue weighted by Crippen LogP contribution is -2.64. The molecule has 132 valence electrons. The number of carbonyl (C=O) groups excluding carboxylic acids is 3. The molecule has 0 aliphatic carbocycles. The molecule has 2 aromatic rings. The summed E-state index contributed by atoms with van der Waals surface area (Å²) in [5, 5.41) is 22.2. The zero-order valence-electron chi connectivity index (χ0n) is 14.2. The third-order valence-corrected chi connectivity index (χ3v) is 4.50. The van der Waals surface area contributed by atoms with Crippen molar-refractivity contribution < 1.29 is 14.4 Å². The Bertz CT molecular complexity index is 914. The van der Waals surface area contributed by atoms with Gasteiger partial charge in [-0.2, -0.15) is 10.5 Å². The van der Waals surface area contributed by atoms with Gasteiger partial charge in [0.15, 0.2) is 0 Å². The highest BCUT2D eigenvalue weighted by Crippen LogP contribution is 2.31. The van der Waals surface area contributed by atoms with Gasteiger partial charge < -0.3 is 0 Å². The number of imide groups is 2. The first kappa shape index (κ1) is 17.8. The molecule has 7 nitrogen and oxygen atoms in total. The van der Waals surface area contributed by atoms with E-state index in [4.69, 9.17) is 10.5 Å². The van der Waals surface area contributed by atoms with Crippen LogP contribution in [-0.2, 0) is 22.4 Å². The summed E-state index contributed by atoms with van der Waals surface area (Å²) >= 11 is 0. The predicted octanol–water partition coefficient (Wildman–Crippen LogP) is 1.57. The summed E-state index contributed by atoms with van der Waals surface area (Å²) in [6.45, 7) is 0. The van der Waals surface area contributed by atoms with Gasteiger partial charge in [-0.25, -0.2) is 4.79 Å². The van der Waals surface area contributed by atoms with Crippen LogP contribution in [0, 0.1) is 28.1 Å².